The first-order valence-electron chi connectivity index (χ1n) is 9.70. The Bertz CT molecular complexity index is 1010. The number of hydrogen-bond acceptors (Lipinski definition) is 2. The van der Waals surface area contributed by atoms with Crippen LogP contribution in [0.5, 0.6) is 5.75 Å². The Morgan fingerprint density at radius 1 is 1.00 bits per heavy atom. The molecule has 2 aliphatic rings. The van der Waals surface area contributed by atoms with E-state index in [9.17, 15) is 4.79 Å². The lowest BCUT2D eigenvalue weighted by atomic mass is 9.75. The molecule has 0 N–H and O–H groups in total. The first-order chi connectivity index (χ1) is 13.3. The smallest absolute Gasteiger partial charge is 0.223 e. The summed E-state index contributed by atoms with van der Waals surface area (Å²) in [7, 11) is 1.71. The number of benzene rings is 3. The van der Waals surface area contributed by atoms with Gasteiger partial charge in [-0.1, -0.05) is 48.5 Å². The van der Waals surface area contributed by atoms with E-state index in [2.05, 4.69) is 59.5 Å². The maximum atomic E-state index is 12.7. The second kappa shape index (κ2) is 6.41. The molecule has 2 aliphatic heterocycles. The van der Waals surface area contributed by atoms with E-state index in [1.165, 1.54) is 27.5 Å². The summed E-state index contributed by atoms with van der Waals surface area (Å²) in [5, 5.41) is 2.50. The van der Waals surface area contributed by atoms with Crippen LogP contribution in [0.15, 0.2) is 60.7 Å². The van der Waals surface area contributed by atoms with Crippen molar-refractivity contribution in [2.75, 3.05) is 13.7 Å². The van der Waals surface area contributed by atoms with Crippen molar-refractivity contribution in [2.24, 2.45) is 0 Å². The molecule has 1 fully saturated rings. The van der Waals surface area contributed by atoms with Gasteiger partial charge >= 0.3 is 0 Å². The third-order valence-electron chi connectivity index (χ3n) is 6.23. The monoisotopic (exact) mass is 357 g/mol. The lowest BCUT2D eigenvalue weighted by Gasteiger charge is -2.45. The number of fused-ring (bicyclic) bond motifs is 5. The molecular formula is C24H23NO2. The maximum Gasteiger partial charge on any atom is 0.223 e. The fraction of sp³-hybridized carbons (Fsp3) is 0.292. The topological polar surface area (TPSA) is 29.5 Å². The SMILES string of the molecule is COc1ccc2ccc3c(c2c1)CCN1C(=O)CCC(c2ccccc2)C31. The predicted octanol–water partition coefficient (Wildman–Crippen LogP) is 4.85. The summed E-state index contributed by atoms with van der Waals surface area (Å²) in [6, 6.07) is 21.5. The van der Waals surface area contributed by atoms with Gasteiger partial charge in [-0.05, 0) is 52.4 Å². The quantitative estimate of drug-likeness (QED) is 0.656. The maximum absolute atomic E-state index is 12.7. The molecule has 0 bridgehead atoms. The van der Waals surface area contributed by atoms with Gasteiger partial charge < -0.3 is 9.64 Å². The van der Waals surface area contributed by atoms with Gasteiger partial charge in [0, 0.05) is 18.9 Å². The third-order valence-corrected chi connectivity index (χ3v) is 6.23. The Morgan fingerprint density at radius 2 is 1.81 bits per heavy atom. The van der Waals surface area contributed by atoms with Gasteiger partial charge in [0.15, 0.2) is 0 Å². The molecule has 2 heterocycles. The number of carbonyl (C=O) groups is 1. The molecule has 0 radical (unpaired) electrons. The van der Waals surface area contributed by atoms with E-state index in [-0.39, 0.29) is 6.04 Å². The van der Waals surface area contributed by atoms with Crippen LogP contribution in [0.25, 0.3) is 10.8 Å². The number of carbonyl (C=O) groups excluding carboxylic acids is 1. The number of methoxy groups -OCH3 is 1. The summed E-state index contributed by atoms with van der Waals surface area (Å²) in [5.74, 6) is 1.53. The standard InChI is InChI=1S/C24H23NO2/c1-27-18-9-7-17-8-10-21-20(22(17)15-18)13-14-25-23(26)12-11-19(24(21)25)16-5-3-2-4-6-16/h2-10,15,19,24H,11-14H2,1H3. The van der Waals surface area contributed by atoms with Crippen molar-refractivity contribution in [3.63, 3.8) is 0 Å². The zero-order valence-electron chi connectivity index (χ0n) is 15.5. The molecule has 3 aromatic rings. The number of ether oxygens (including phenoxy) is 1. The molecule has 3 nitrogen and oxygen atoms in total. The van der Waals surface area contributed by atoms with Gasteiger partial charge in [-0.15, -0.1) is 0 Å². The van der Waals surface area contributed by atoms with Gasteiger partial charge in [0.05, 0.1) is 13.2 Å². The van der Waals surface area contributed by atoms with Crippen molar-refractivity contribution >= 4 is 16.7 Å². The van der Waals surface area contributed by atoms with Gasteiger partial charge in [0.2, 0.25) is 5.91 Å². The molecule has 0 saturated carbocycles. The van der Waals surface area contributed by atoms with Crippen molar-refractivity contribution in [1.82, 2.24) is 4.90 Å². The molecule has 3 aromatic carbocycles. The molecule has 27 heavy (non-hydrogen) atoms. The summed E-state index contributed by atoms with van der Waals surface area (Å²) in [6.45, 7) is 0.802. The number of hydrogen-bond donors (Lipinski definition) is 0. The van der Waals surface area contributed by atoms with E-state index >= 15 is 0 Å². The van der Waals surface area contributed by atoms with Gasteiger partial charge in [-0.25, -0.2) is 0 Å². The summed E-state index contributed by atoms with van der Waals surface area (Å²) in [5.41, 5.74) is 4.02. The van der Waals surface area contributed by atoms with E-state index in [0.29, 0.717) is 18.2 Å². The van der Waals surface area contributed by atoms with Gasteiger partial charge in [-0.2, -0.15) is 0 Å². The lowest BCUT2D eigenvalue weighted by Crippen LogP contribution is -2.45. The largest absolute Gasteiger partial charge is 0.497 e. The lowest BCUT2D eigenvalue weighted by molar-refractivity contribution is -0.138. The number of nitrogens with zero attached hydrogens (tertiary/aromatic N) is 1. The Balaban J connectivity index is 1.69. The van der Waals surface area contributed by atoms with Crippen LogP contribution in [-0.4, -0.2) is 24.5 Å². The van der Waals surface area contributed by atoms with Crippen LogP contribution in [0.3, 0.4) is 0 Å². The second-order valence-corrected chi connectivity index (χ2v) is 7.56. The number of amides is 1. The Hall–Kier alpha value is -2.81. The minimum absolute atomic E-state index is 0.132. The highest BCUT2D eigenvalue weighted by Gasteiger charge is 2.40. The highest BCUT2D eigenvalue weighted by atomic mass is 16.5. The zero-order valence-corrected chi connectivity index (χ0v) is 15.5. The molecule has 1 saturated heterocycles. The summed E-state index contributed by atoms with van der Waals surface area (Å²) in [6.07, 6.45) is 2.47. The third kappa shape index (κ3) is 2.61. The molecule has 136 valence electrons. The van der Waals surface area contributed by atoms with Crippen LogP contribution >= 0.6 is 0 Å². The van der Waals surface area contributed by atoms with Crippen molar-refractivity contribution in [3.8, 4) is 5.75 Å². The van der Waals surface area contributed by atoms with E-state index < -0.39 is 0 Å². The molecule has 2 atom stereocenters. The van der Waals surface area contributed by atoms with Crippen LogP contribution in [0, 0.1) is 0 Å². The summed E-state index contributed by atoms with van der Waals surface area (Å²) < 4.78 is 5.46. The Morgan fingerprint density at radius 3 is 2.63 bits per heavy atom. The van der Waals surface area contributed by atoms with Crippen molar-refractivity contribution in [2.45, 2.75) is 31.2 Å². The minimum Gasteiger partial charge on any atom is -0.497 e. The van der Waals surface area contributed by atoms with Crippen molar-refractivity contribution < 1.29 is 9.53 Å². The molecule has 5 rings (SSSR count). The fourth-order valence-electron chi connectivity index (χ4n) is 4.94. The molecule has 0 aromatic heterocycles. The van der Waals surface area contributed by atoms with E-state index in [4.69, 9.17) is 4.74 Å². The first-order valence-corrected chi connectivity index (χ1v) is 9.70. The highest BCUT2D eigenvalue weighted by Crippen LogP contribution is 2.47. The average molecular weight is 357 g/mol. The van der Waals surface area contributed by atoms with Crippen LogP contribution in [-0.2, 0) is 11.2 Å². The van der Waals surface area contributed by atoms with E-state index in [1.54, 1.807) is 7.11 Å². The zero-order chi connectivity index (χ0) is 18.4. The van der Waals surface area contributed by atoms with Gasteiger partial charge in [0.1, 0.15) is 5.75 Å². The molecule has 2 unspecified atom stereocenters. The van der Waals surface area contributed by atoms with Gasteiger partial charge in [0.25, 0.3) is 0 Å². The summed E-state index contributed by atoms with van der Waals surface area (Å²) in [4.78, 5) is 14.8. The predicted molar refractivity (Wildman–Crippen MR) is 107 cm³/mol. The van der Waals surface area contributed by atoms with Crippen LogP contribution < -0.4 is 4.74 Å². The average Bonchev–Trinajstić information content (AvgIpc) is 2.73. The molecule has 0 spiro atoms. The molecule has 1 amide bonds. The first kappa shape index (κ1) is 16.4. The van der Waals surface area contributed by atoms with Crippen molar-refractivity contribution in [1.29, 1.82) is 0 Å². The summed E-state index contributed by atoms with van der Waals surface area (Å²) >= 11 is 0. The number of piperidine rings is 1. The van der Waals surface area contributed by atoms with Gasteiger partial charge in [-0.3, -0.25) is 4.79 Å². The Labute approximate surface area is 159 Å². The van der Waals surface area contributed by atoms with E-state index in [1.807, 2.05) is 6.07 Å². The molecule has 3 heteroatoms. The Kier molecular flexibility index (Phi) is 3.89. The fourth-order valence-corrected chi connectivity index (χ4v) is 4.94. The minimum atomic E-state index is 0.132. The normalized spacial score (nSPS) is 21.7. The van der Waals surface area contributed by atoms with E-state index in [0.717, 1.165) is 25.1 Å². The van der Waals surface area contributed by atoms with Crippen LogP contribution in [0.2, 0.25) is 0 Å². The highest BCUT2D eigenvalue weighted by molar-refractivity contribution is 5.89. The van der Waals surface area contributed by atoms with Crippen LogP contribution in [0.4, 0.5) is 0 Å². The second-order valence-electron chi connectivity index (χ2n) is 7.56. The number of rotatable bonds is 2. The van der Waals surface area contributed by atoms with Crippen LogP contribution in [0.1, 0.15) is 41.5 Å². The molecule has 0 aliphatic carbocycles. The molecular weight excluding hydrogens is 334 g/mol. The van der Waals surface area contributed by atoms with Crippen molar-refractivity contribution in [3.05, 3.63) is 77.4 Å².